The summed E-state index contributed by atoms with van der Waals surface area (Å²) >= 11 is 3.66. The molecule has 0 bridgehead atoms. The number of rotatable bonds is 6. The molecule has 6 aromatic heterocycles. The summed E-state index contributed by atoms with van der Waals surface area (Å²) in [7, 11) is 0. The van der Waals surface area contributed by atoms with Crippen LogP contribution < -0.4 is 14.7 Å². The van der Waals surface area contributed by atoms with E-state index in [1.165, 1.54) is 138 Å². The first-order valence-corrected chi connectivity index (χ1v) is 46.2. The highest BCUT2D eigenvalue weighted by Crippen LogP contribution is 2.59. The molecule has 0 radical (unpaired) electrons. The van der Waals surface area contributed by atoms with Crippen LogP contribution in [0, 0.1) is 0 Å². The van der Waals surface area contributed by atoms with Crippen LogP contribution in [0.5, 0.6) is 0 Å². The normalized spacial score (nSPS) is 12.5. The van der Waals surface area contributed by atoms with Gasteiger partial charge in [-0.3, -0.25) is 14.7 Å². The summed E-state index contributed by atoms with van der Waals surface area (Å²) in [5.74, 6) is 2.45. The van der Waals surface area contributed by atoms with Crippen molar-refractivity contribution in [3.8, 4) is 67.2 Å². The predicted octanol–water partition coefficient (Wildman–Crippen LogP) is 33.8. The molecule has 10 nitrogen and oxygen atoms in total. The van der Waals surface area contributed by atoms with Crippen molar-refractivity contribution < 1.29 is 4.42 Å². The van der Waals surface area contributed by atoms with E-state index in [0.717, 1.165) is 140 Å². The maximum atomic E-state index is 6.55. The first-order chi connectivity index (χ1) is 65.4. The number of fused-ring (bicyclic) bond motifs is 21. The minimum Gasteiger partial charge on any atom is -0.455 e. The van der Waals surface area contributed by atoms with Crippen molar-refractivity contribution in [1.82, 2.24) is 29.9 Å². The molecule has 3 aliphatic rings. The molecule has 0 amide bonds. The Bertz CT molecular complexity index is 9620. The summed E-state index contributed by atoms with van der Waals surface area (Å²) in [6.45, 7) is 0. The standard InChI is InChI=1S/C40H23N3O.2C40H23N3S/c1-2-11-26-23-35-31(22-25(26)10-1)28-15-7-12-24-13-8-20-34(37(24)28)43(35)40-38(41-32-18-4-5-19-33(32)42-40)30-17-9-16-29-27-14-3-6-21-36(27)44-39(29)30;1-2-11-26-23-34-30(22-25(26)10-1)27-15-7-12-24-13-8-19-33(37(24)27)43(34)40-39(41-31-17-4-5-18-32(31)42-40)29-16-9-21-36-38(29)28-14-3-6-20-35(28)44-36;1-2-10-26-23-35-30(21-25(26)9-1)29-14-7-11-24-12-8-17-34(38(24)29)43(35)40-39(41-32-15-4-5-16-33(32)42-40)27-19-20-37-31(22-27)28-13-3-6-18-36(28)44-37/h3*1-23H. The average molecular weight is 1720 g/mol. The van der Waals surface area contributed by atoms with Crippen LogP contribution >= 0.6 is 22.7 Å². The Labute approximate surface area is 763 Å². The lowest BCUT2D eigenvalue weighted by Crippen LogP contribution is -2.18. The van der Waals surface area contributed by atoms with Crippen LogP contribution in [-0.2, 0) is 0 Å². The summed E-state index contributed by atoms with van der Waals surface area (Å²) in [5.41, 5.74) is 26.4. The van der Waals surface area contributed by atoms with Gasteiger partial charge in [0, 0.05) is 101 Å². The first kappa shape index (κ1) is 74.0. The number of anilines is 9. The number of thiophene rings is 2. The van der Waals surface area contributed by atoms with E-state index in [1.54, 1.807) is 0 Å². The van der Waals surface area contributed by atoms with Gasteiger partial charge in [0.15, 0.2) is 17.5 Å². The Hall–Kier alpha value is -17.2. The third-order valence-electron chi connectivity index (χ3n) is 26.8. The fourth-order valence-electron chi connectivity index (χ4n) is 20.9. The molecule has 132 heavy (non-hydrogen) atoms. The summed E-state index contributed by atoms with van der Waals surface area (Å²) in [6, 6.07) is 149. The lowest BCUT2D eigenvalue weighted by atomic mass is 9.89. The smallest absolute Gasteiger partial charge is 0.165 e. The zero-order valence-corrected chi connectivity index (χ0v) is 72.2. The van der Waals surface area contributed by atoms with Gasteiger partial charge in [0.2, 0.25) is 0 Å². The van der Waals surface area contributed by atoms with Gasteiger partial charge in [0.05, 0.1) is 67.2 Å². The molecule has 30 rings (SSSR count). The number of benzene rings is 21. The fraction of sp³-hybridized carbons (Fsp3) is 0. The Morgan fingerprint density at radius 1 is 0.189 bits per heavy atom. The van der Waals surface area contributed by atoms with E-state index >= 15 is 0 Å². The van der Waals surface area contributed by atoms with E-state index in [1.807, 2.05) is 83.3 Å². The zero-order valence-electron chi connectivity index (χ0n) is 70.6. The van der Waals surface area contributed by atoms with Crippen LogP contribution in [-0.4, -0.2) is 29.9 Å². The number of nitrogens with zero attached hydrogens (tertiary/aromatic N) is 9. The highest BCUT2D eigenvalue weighted by molar-refractivity contribution is 7.26. The number of hydrogen-bond acceptors (Lipinski definition) is 12. The minimum absolute atomic E-state index is 0.773. The lowest BCUT2D eigenvalue weighted by molar-refractivity contribution is 0.670. The maximum Gasteiger partial charge on any atom is 0.165 e. The monoisotopic (exact) mass is 1720 g/mol. The van der Waals surface area contributed by atoms with E-state index in [2.05, 4.69) is 373 Å². The predicted molar refractivity (Wildman–Crippen MR) is 554 cm³/mol. The second-order valence-corrected chi connectivity index (χ2v) is 36.4. The second kappa shape index (κ2) is 29.2. The van der Waals surface area contributed by atoms with Crippen LogP contribution in [0.15, 0.2) is 423 Å². The van der Waals surface area contributed by atoms with Gasteiger partial charge in [-0.25, -0.2) is 29.9 Å². The SMILES string of the molecule is c1ccc2cc3c(cc2c1)-c1cccc2cccc(c12)N3c1nc2ccccc2nc1-c1ccc2sc3ccccc3c2c1.c1ccc2cc3c(cc2c1)-c1cccc2cccc(c12)N3c1nc2ccccc2nc1-c1cccc2c1oc1ccccc12.c1ccc2cc3c(cc2c1)-c1cccc2cccc(c12)N3c1nc2ccccc2nc1-c1cccc2sc3ccccc3c12. The molecule has 9 heterocycles. The fourth-order valence-corrected chi connectivity index (χ4v) is 23.1. The molecule has 21 aromatic carbocycles. The molecule has 12 heteroatoms. The molecule has 0 spiro atoms. The molecule has 3 aliphatic heterocycles. The van der Waals surface area contributed by atoms with Gasteiger partial charge < -0.3 is 4.42 Å². The third kappa shape index (κ3) is 11.5. The van der Waals surface area contributed by atoms with Gasteiger partial charge in [0.1, 0.15) is 28.2 Å². The van der Waals surface area contributed by atoms with E-state index in [9.17, 15) is 0 Å². The van der Waals surface area contributed by atoms with Crippen LogP contribution in [0.25, 0.3) is 227 Å². The highest BCUT2D eigenvalue weighted by Gasteiger charge is 2.36. The highest BCUT2D eigenvalue weighted by atomic mass is 32.1. The molecular weight excluding hydrogens is 1650 g/mol. The van der Waals surface area contributed by atoms with Gasteiger partial charge in [-0.05, 0) is 199 Å². The average Bonchev–Trinajstić information content (AvgIpc) is 0.810. The minimum atomic E-state index is 0.773. The lowest BCUT2D eigenvalue weighted by Gasteiger charge is -2.34. The zero-order chi connectivity index (χ0) is 86.3. The molecule has 0 unspecified atom stereocenters. The Balaban J connectivity index is 0.0000000991. The van der Waals surface area contributed by atoms with Crippen LogP contribution in [0.2, 0.25) is 0 Å². The van der Waals surface area contributed by atoms with Crippen molar-refractivity contribution in [1.29, 1.82) is 0 Å². The molecule has 0 fully saturated rings. The van der Waals surface area contributed by atoms with Crippen molar-refractivity contribution in [3.63, 3.8) is 0 Å². The van der Waals surface area contributed by atoms with Crippen LogP contribution in [0.3, 0.4) is 0 Å². The quantitative estimate of drug-likeness (QED) is 0.160. The summed E-state index contributed by atoms with van der Waals surface area (Å²) < 4.78 is 11.6. The molecule has 0 atom stereocenters. The van der Waals surface area contributed by atoms with Gasteiger partial charge >= 0.3 is 0 Å². The Morgan fingerprint density at radius 2 is 0.515 bits per heavy atom. The first-order valence-electron chi connectivity index (χ1n) is 44.5. The summed E-state index contributed by atoms with van der Waals surface area (Å²) in [4.78, 5) is 39.4. The van der Waals surface area contributed by atoms with Crippen molar-refractivity contribution in [2.24, 2.45) is 0 Å². The van der Waals surface area contributed by atoms with Crippen molar-refractivity contribution >= 4 is 234 Å². The number of furan rings is 1. The van der Waals surface area contributed by atoms with E-state index in [4.69, 9.17) is 34.3 Å². The van der Waals surface area contributed by atoms with Crippen molar-refractivity contribution in [2.45, 2.75) is 0 Å². The van der Waals surface area contributed by atoms with Crippen molar-refractivity contribution in [3.05, 3.63) is 419 Å². The number of hydrogen-bond donors (Lipinski definition) is 0. The molecule has 0 N–H and O–H groups in total. The van der Waals surface area contributed by atoms with Crippen LogP contribution in [0.4, 0.5) is 51.6 Å². The van der Waals surface area contributed by atoms with Gasteiger partial charge in [-0.15, -0.1) is 22.7 Å². The molecule has 27 aromatic rings. The molecule has 612 valence electrons. The maximum absolute atomic E-state index is 6.55. The van der Waals surface area contributed by atoms with Crippen molar-refractivity contribution in [2.75, 3.05) is 14.7 Å². The Morgan fingerprint density at radius 3 is 1.01 bits per heavy atom. The largest absolute Gasteiger partial charge is 0.455 e. The second-order valence-electron chi connectivity index (χ2n) is 34.2. The van der Waals surface area contributed by atoms with Gasteiger partial charge in [-0.2, -0.15) is 0 Å². The Kier molecular flexibility index (Phi) is 16.4. The van der Waals surface area contributed by atoms with E-state index in [0.29, 0.717) is 0 Å². The van der Waals surface area contributed by atoms with Gasteiger partial charge in [0.25, 0.3) is 0 Å². The van der Waals surface area contributed by atoms with E-state index < -0.39 is 0 Å². The van der Waals surface area contributed by atoms with Crippen LogP contribution in [0.1, 0.15) is 0 Å². The van der Waals surface area contributed by atoms with E-state index in [-0.39, 0.29) is 0 Å². The molecular formula is C120H69N9OS2. The molecule has 0 saturated carbocycles. The number of aromatic nitrogens is 6. The number of para-hydroxylation sites is 8. The summed E-state index contributed by atoms with van der Waals surface area (Å²) in [5, 5.41) is 21.7. The van der Waals surface area contributed by atoms with Gasteiger partial charge in [-0.1, -0.05) is 285 Å². The third-order valence-corrected chi connectivity index (χ3v) is 29.1. The topological polar surface area (TPSA) is 100 Å². The summed E-state index contributed by atoms with van der Waals surface area (Å²) in [6.07, 6.45) is 0. The molecule has 0 aliphatic carbocycles. The molecule has 0 saturated heterocycles.